The highest BCUT2D eigenvalue weighted by Gasteiger charge is 2.43. The zero-order valence-electron chi connectivity index (χ0n) is 13.5. The molecule has 0 saturated carbocycles. The maximum absolute atomic E-state index is 13.0. The van der Waals surface area contributed by atoms with Crippen LogP contribution in [0.25, 0.3) is 0 Å². The summed E-state index contributed by atoms with van der Waals surface area (Å²) in [5.74, 6) is 0.131. The zero-order valence-corrected chi connectivity index (χ0v) is 13.5. The Hall–Kier alpha value is -1.39. The minimum Gasteiger partial charge on any atom is -0.377 e. The van der Waals surface area contributed by atoms with Crippen molar-refractivity contribution in [2.45, 2.75) is 50.8 Å². The molecule has 0 radical (unpaired) electrons. The smallest absolute Gasteiger partial charge is 0.252 e. The number of benzene rings is 1. The van der Waals surface area contributed by atoms with Gasteiger partial charge in [-0.1, -0.05) is 30.3 Å². The first-order valence-electron chi connectivity index (χ1n) is 8.14. The van der Waals surface area contributed by atoms with Crippen molar-refractivity contribution in [2.24, 2.45) is 0 Å². The number of morpholine rings is 1. The van der Waals surface area contributed by atoms with E-state index >= 15 is 0 Å². The number of hydrogen-bond acceptors (Lipinski definition) is 3. The van der Waals surface area contributed by atoms with Gasteiger partial charge in [0, 0.05) is 6.61 Å². The number of carbonyl (C=O) groups is 1. The van der Waals surface area contributed by atoms with Crippen LogP contribution in [0, 0.1) is 0 Å². The molecule has 1 aromatic rings. The lowest BCUT2D eigenvalue weighted by Gasteiger charge is -2.48. The van der Waals surface area contributed by atoms with Crippen molar-refractivity contribution in [1.82, 2.24) is 4.90 Å². The minimum absolute atomic E-state index is 0.0721. The number of ether oxygens (including phenoxy) is 2. The van der Waals surface area contributed by atoms with E-state index < -0.39 is 0 Å². The second-order valence-electron chi connectivity index (χ2n) is 6.88. The lowest BCUT2D eigenvalue weighted by molar-refractivity contribution is -0.164. The maximum Gasteiger partial charge on any atom is 0.252 e. The van der Waals surface area contributed by atoms with Gasteiger partial charge in [-0.3, -0.25) is 4.79 Å². The SMILES string of the molecule is CC1(C)COCC(Cc2ccccc2)N1C(=O)C1CCCO1. The van der Waals surface area contributed by atoms with Crippen LogP contribution in [0.1, 0.15) is 32.3 Å². The molecule has 1 amide bonds. The highest BCUT2D eigenvalue weighted by molar-refractivity contribution is 5.82. The minimum atomic E-state index is -0.291. The van der Waals surface area contributed by atoms with Crippen LogP contribution in [0.15, 0.2) is 30.3 Å². The lowest BCUT2D eigenvalue weighted by atomic mass is 9.94. The van der Waals surface area contributed by atoms with E-state index in [0.717, 1.165) is 19.3 Å². The quantitative estimate of drug-likeness (QED) is 0.861. The van der Waals surface area contributed by atoms with E-state index in [0.29, 0.717) is 19.8 Å². The molecule has 0 bridgehead atoms. The third-order valence-electron chi connectivity index (χ3n) is 4.54. The first-order valence-corrected chi connectivity index (χ1v) is 8.14. The summed E-state index contributed by atoms with van der Waals surface area (Å²) >= 11 is 0. The molecule has 0 aromatic heterocycles. The normalized spacial score (nSPS) is 27.8. The van der Waals surface area contributed by atoms with Crippen molar-refractivity contribution < 1.29 is 14.3 Å². The van der Waals surface area contributed by atoms with E-state index in [1.165, 1.54) is 5.56 Å². The summed E-state index contributed by atoms with van der Waals surface area (Å²) in [4.78, 5) is 15.0. The zero-order chi connectivity index (χ0) is 15.6. The molecule has 1 aromatic carbocycles. The van der Waals surface area contributed by atoms with Gasteiger partial charge >= 0.3 is 0 Å². The predicted molar refractivity (Wildman–Crippen MR) is 84.7 cm³/mol. The summed E-state index contributed by atoms with van der Waals surface area (Å²) in [6.07, 6.45) is 2.37. The molecule has 2 heterocycles. The number of hydrogen-bond donors (Lipinski definition) is 0. The molecule has 2 aliphatic rings. The molecule has 3 rings (SSSR count). The molecular weight excluding hydrogens is 278 g/mol. The standard InChI is InChI=1S/C18H25NO3/c1-18(2)13-21-12-15(11-14-7-4-3-5-8-14)19(18)17(20)16-9-6-10-22-16/h3-5,7-8,15-16H,6,9-13H2,1-2H3. The van der Waals surface area contributed by atoms with Gasteiger partial charge in [-0.25, -0.2) is 0 Å². The maximum atomic E-state index is 13.0. The molecule has 0 spiro atoms. The predicted octanol–water partition coefficient (Wildman–Crippen LogP) is 2.41. The van der Waals surface area contributed by atoms with E-state index in [4.69, 9.17) is 9.47 Å². The Bertz CT molecular complexity index is 508. The van der Waals surface area contributed by atoms with Crippen LogP contribution in [0.3, 0.4) is 0 Å². The van der Waals surface area contributed by atoms with Crippen LogP contribution in [-0.4, -0.2) is 48.3 Å². The molecule has 2 unspecified atom stereocenters. The molecule has 2 saturated heterocycles. The second kappa shape index (κ2) is 6.39. The van der Waals surface area contributed by atoms with Gasteiger partial charge in [0.15, 0.2) is 0 Å². The fourth-order valence-corrected chi connectivity index (χ4v) is 3.53. The summed E-state index contributed by atoms with van der Waals surface area (Å²) in [6.45, 7) is 6.03. The van der Waals surface area contributed by atoms with Gasteiger partial charge in [-0.15, -0.1) is 0 Å². The number of rotatable bonds is 3. The molecule has 0 aliphatic carbocycles. The van der Waals surface area contributed by atoms with E-state index in [1.54, 1.807) is 0 Å². The summed E-state index contributed by atoms with van der Waals surface area (Å²) in [5.41, 5.74) is 0.944. The van der Waals surface area contributed by atoms with Crippen molar-refractivity contribution in [2.75, 3.05) is 19.8 Å². The Labute approximate surface area is 132 Å². The topological polar surface area (TPSA) is 38.8 Å². The highest BCUT2D eigenvalue weighted by Crippen LogP contribution is 2.29. The van der Waals surface area contributed by atoms with Crippen LogP contribution in [0.4, 0.5) is 0 Å². The second-order valence-corrected chi connectivity index (χ2v) is 6.88. The van der Waals surface area contributed by atoms with Gasteiger partial charge in [0.25, 0.3) is 5.91 Å². The Balaban J connectivity index is 1.81. The summed E-state index contributed by atoms with van der Waals surface area (Å²) in [6, 6.07) is 10.4. The summed E-state index contributed by atoms with van der Waals surface area (Å²) in [5, 5.41) is 0. The van der Waals surface area contributed by atoms with E-state index in [2.05, 4.69) is 26.0 Å². The van der Waals surface area contributed by atoms with E-state index in [9.17, 15) is 4.79 Å². The van der Waals surface area contributed by atoms with Crippen molar-refractivity contribution in [1.29, 1.82) is 0 Å². The molecule has 2 fully saturated rings. The van der Waals surface area contributed by atoms with Crippen LogP contribution in [0.5, 0.6) is 0 Å². The fraction of sp³-hybridized carbons (Fsp3) is 0.611. The highest BCUT2D eigenvalue weighted by atomic mass is 16.5. The number of nitrogens with zero attached hydrogens (tertiary/aromatic N) is 1. The molecule has 2 aliphatic heterocycles. The Morgan fingerprint density at radius 1 is 1.32 bits per heavy atom. The average Bonchev–Trinajstić information content (AvgIpc) is 3.01. The Kier molecular flexibility index (Phi) is 4.50. The average molecular weight is 303 g/mol. The molecule has 0 N–H and O–H groups in total. The van der Waals surface area contributed by atoms with Gasteiger partial charge < -0.3 is 14.4 Å². The molecule has 4 nitrogen and oxygen atoms in total. The van der Waals surface area contributed by atoms with Crippen LogP contribution >= 0.6 is 0 Å². The van der Waals surface area contributed by atoms with Crippen molar-refractivity contribution in [3.05, 3.63) is 35.9 Å². The number of amides is 1. The third-order valence-corrected chi connectivity index (χ3v) is 4.54. The molecule has 120 valence electrons. The van der Waals surface area contributed by atoms with Crippen molar-refractivity contribution in [3.8, 4) is 0 Å². The number of carbonyl (C=O) groups excluding carboxylic acids is 1. The van der Waals surface area contributed by atoms with Crippen molar-refractivity contribution in [3.63, 3.8) is 0 Å². The summed E-state index contributed by atoms with van der Waals surface area (Å²) < 4.78 is 11.4. The van der Waals surface area contributed by atoms with Crippen molar-refractivity contribution >= 4 is 5.91 Å². The van der Waals surface area contributed by atoms with E-state index in [-0.39, 0.29) is 23.6 Å². The lowest BCUT2D eigenvalue weighted by Crippen LogP contribution is -2.63. The van der Waals surface area contributed by atoms with Crippen LogP contribution in [0.2, 0.25) is 0 Å². The van der Waals surface area contributed by atoms with E-state index in [1.807, 2.05) is 23.1 Å². The van der Waals surface area contributed by atoms with Crippen LogP contribution < -0.4 is 0 Å². The Morgan fingerprint density at radius 3 is 2.77 bits per heavy atom. The largest absolute Gasteiger partial charge is 0.377 e. The molecule has 2 atom stereocenters. The van der Waals surface area contributed by atoms with Gasteiger partial charge in [-0.05, 0) is 38.7 Å². The Morgan fingerprint density at radius 2 is 2.09 bits per heavy atom. The van der Waals surface area contributed by atoms with Gasteiger partial charge in [0.05, 0.1) is 24.8 Å². The first kappa shape index (κ1) is 15.5. The van der Waals surface area contributed by atoms with Gasteiger partial charge in [-0.2, -0.15) is 0 Å². The third kappa shape index (κ3) is 3.18. The van der Waals surface area contributed by atoms with Gasteiger partial charge in [0.1, 0.15) is 6.10 Å². The summed E-state index contributed by atoms with van der Waals surface area (Å²) in [7, 11) is 0. The van der Waals surface area contributed by atoms with Crippen LogP contribution in [-0.2, 0) is 20.7 Å². The first-order chi connectivity index (χ1) is 10.6. The monoisotopic (exact) mass is 303 g/mol. The molecule has 22 heavy (non-hydrogen) atoms. The van der Waals surface area contributed by atoms with Gasteiger partial charge in [0.2, 0.25) is 0 Å². The fourth-order valence-electron chi connectivity index (χ4n) is 3.53. The molecule has 4 heteroatoms. The molecular formula is C18H25NO3.